The number of nitrogens with zero attached hydrogens (tertiary/aromatic N) is 1. The second-order valence-corrected chi connectivity index (χ2v) is 8.63. The maximum absolute atomic E-state index is 12.9. The summed E-state index contributed by atoms with van der Waals surface area (Å²) in [5.41, 5.74) is 0.000890. The predicted octanol–water partition coefficient (Wildman–Crippen LogP) is 3.16. The Morgan fingerprint density at radius 1 is 1.29 bits per heavy atom. The Bertz CT molecular complexity index is 833. The summed E-state index contributed by atoms with van der Waals surface area (Å²) in [4.78, 5) is 39.0. The van der Waals surface area contributed by atoms with Gasteiger partial charge in [0.05, 0.1) is 19.8 Å². The summed E-state index contributed by atoms with van der Waals surface area (Å²) < 4.78 is 11.1. The van der Waals surface area contributed by atoms with Crippen molar-refractivity contribution < 1.29 is 23.9 Å². The lowest BCUT2D eigenvalue weighted by Gasteiger charge is -2.33. The number of nitrogens with one attached hydrogen (secondary N) is 2. The van der Waals surface area contributed by atoms with Gasteiger partial charge < -0.3 is 20.1 Å². The van der Waals surface area contributed by atoms with Crippen LogP contribution < -0.4 is 20.1 Å². The van der Waals surface area contributed by atoms with Gasteiger partial charge in [0.25, 0.3) is 5.91 Å². The Hall–Kier alpha value is -2.77. The number of hydrogen-bond donors (Lipinski definition) is 2. The fourth-order valence-electron chi connectivity index (χ4n) is 4.21. The maximum Gasteiger partial charge on any atom is 0.325 e. The standard InChI is InChI=1S/C23H33N3O5/c1-5-12-31-18-7-6-17(13-19(18)30-4)16(3)24-20(27)14-26-21(28)23(25-22(26)29)10-8-15(2)9-11-23/h6-7,13,15-16H,5,8-12,14H2,1-4H3,(H,24,27)(H,25,29). The summed E-state index contributed by atoms with van der Waals surface area (Å²) >= 11 is 0. The topological polar surface area (TPSA) is 97.0 Å². The van der Waals surface area contributed by atoms with Crippen LogP contribution in [0.5, 0.6) is 11.5 Å². The van der Waals surface area contributed by atoms with Crippen LogP contribution in [-0.2, 0) is 9.59 Å². The van der Waals surface area contributed by atoms with Gasteiger partial charge in [-0.1, -0.05) is 19.9 Å². The van der Waals surface area contributed by atoms with Crippen molar-refractivity contribution >= 4 is 17.8 Å². The largest absolute Gasteiger partial charge is 0.493 e. The van der Waals surface area contributed by atoms with E-state index >= 15 is 0 Å². The van der Waals surface area contributed by atoms with E-state index in [1.165, 1.54) is 0 Å². The molecule has 0 bridgehead atoms. The molecule has 2 aliphatic rings. The lowest BCUT2D eigenvalue weighted by Crippen LogP contribution is -2.50. The molecule has 1 aromatic carbocycles. The maximum atomic E-state index is 12.9. The van der Waals surface area contributed by atoms with E-state index in [0.29, 0.717) is 36.9 Å². The number of ether oxygens (including phenoxy) is 2. The van der Waals surface area contributed by atoms with Crippen molar-refractivity contribution in [2.24, 2.45) is 5.92 Å². The summed E-state index contributed by atoms with van der Waals surface area (Å²) in [7, 11) is 1.57. The van der Waals surface area contributed by atoms with Crippen molar-refractivity contribution in [2.75, 3.05) is 20.3 Å². The van der Waals surface area contributed by atoms with Gasteiger partial charge in [0.1, 0.15) is 12.1 Å². The molecule has 1 aliphatic heterocycles. The first kappa shape index (κ1) is 22.9. The van der Waals surface area contributed by atoms with E-state index < -0.39 is 11.6 Å². The molecule has 4 amide bonds. The fraction of sp³-hybridized carbons (Fsp3) is 0.609. The van der Waals surface area contributed by atoms with Crippen LogP contribution in [0.2, 0.25) is 0 Å². The smallest absolute Gasteiger partial charge is 0.325 e. The highest BCUT2D eigenvalue weighted by Gasteiger charge is 2.52. The molecular formula is C23H33N3O5. The van der Waals surface area contributed by atoms with Crippen LogP contribution in [0.15, 0.2) is 18.2 Å². The second-order valence-electron chi connectivity index (χ2n) is 8.63. The second kappa shape index (κ2) is 9.58. The molecule has 2 fully saturated rings. The van der Waals surface area contributed by atoms with Crippen LogP contribution in [0, 0.1) is 5.92 Å². The lowest BCUT2D eigenvalue weighted by atomic mass is 9.77. The number of carbonyl (C=O) groups excluding carboxylic acids is 3. The average Bonchev–Trinajstić information content (AvgIpc) is 2.98. The van der Waals surface area contributed by atoms with E-state index in [1.807, 2.05) is 32.0 Å². The predicted molar refractivity (Wildman–Crippen MR) is 116 cm³/mol. The van der Waals surface area contributed by atoms with E-state index in [-0.39, 0.29) is 24.4 Å². The molecule has 31 heavy (non-hydrogen) atoms. The Morgan fingerprint density at radius 2 is 2.00 bits per heavy atom. The number of hydrogen-bond acceptors (Lipinski definition) is 5. The van der Waals surface area contributed by atoms with Gasteiger partial charge in [0.15, 0.2) is 11.5 Å². The van der Waals surface area contributed by atoms with Crippen molar-refractivity contribution in [3.63, 3.8) is 0 Å². The first-order valence-electron chi connectivity index (χ1n) is 11.0. The van der Waals surface area contributed by atoms with Gasteiger partial charge in [-0.25, -0.2) is 4.79 Å². The minimum absolute atomic E-state index is 0.286. The third kappa shape index (κ3) is 4.94. The first-order valence-corrected chi connectivity index (χ1v) is 11.0. The quantitative estimate of drug-likeness (QED) is 0.617. The van der Waals surface area contributed by atoms with Crippen LogP contribution in [0.1, 0.15) is 64.5 Å². The van der Waals surface area contributed by atoms with Gasteiger partial charge in [0, 0.05) is 0 Å². The van der Waals surface area contributed by atoms with E-state index in [0.717, 1.165) is 29.7 Å². The molecule has 8 heteroatoms. The van der Waals surface area contributed by atoms with E-state index in [9.17, 15) is 14.4 Å². The highest BCUT2D eigenvalue weighted by atomic mass is 16.5. The summed E-state index contributed by atoms with van der Waals surface area (Å²) in [5.74, 6) is 1.12. The van der Waals surface area contributed by atoms with Crippen molar-refractivity contribution in [3.05, 3.63) is 23.8 Å². The van der Waals surface area contributed by atoms with Gasteiger partial charge in [-0.2, -0.15) is 0 Å². The summed E-state index contributed by atoms with van der Waals surface area (Å²) in [6.07, 6.45) is 3.92. The van der Waals surface area contributed by atoms with Gasteiger partial charge >= 0.3 is 6.03 Å². The van der Waals surface area contributed by atoms with Crippen LogP contribution >= 0.6 is 0 Å². The number of carbonyl (C=O) groups is 3. The van der Waals surface area contributed by atoms with Gasteiger partial charge in [-0.15, -0.1) is 0 Å². The molecule has 1 saturated carbocycles. The molecule has 0 radical (unpaired) electrons. The number of urea groups is 1. The van der Waals surface area contributed by atoms with E-state index in [4.69, 9.17) is 9.47 Å². The number of amides is 4. The molecular weight excluding hydrogens is 398 g/mol. The Labute approximate surface area is 183 Å². The third-order valence-corrected chi connectivity index (χ3v) is 6.20. The van der Waals surface area contributed by atoms with Crippen LogP contribution in [0.4, 0.5) is 4.79 Å². The Balaban J connectivity index is 1.61. The molecule has 1 aromatic rings. The van der Waals surface area contributed by atoms with Gasteiger partial charge in [-0.3, -0.25) is 14.5 Å². The van der Waals surface area contributed by atoms with Crippen molar-refractivity contribution in [3.8, 4) is 11.5 Å². The van der Waals surface area contributed by atoms with Gasteiger partial charge in [-0.05, 0) is 62.6 Å². The SMILES string of the molecule is CCCOc1ccc(C(C)NC(=O)CN2C(=O)NC3(CCC(C)CC3)C2=O)cc1OC. The summed E-state index contributed by atoms with van der Waals surface area (Å²) in [6.45, 7) is 6.32. The highest BCUT2D eigenvalue weighted by molar-refractivity contribution is 6.09. The zero-order valence-electron chi connectivity index (χ0n) is 18.8. The molecule has 1 atom stereocenters. The number of rotatable bonds is 8. The first-order chi connectivity index (χ1) is 14.8. The highest BCUT2D eigenvalue weighted by Crippen LogP contribution is 2.36. The summed E-state index contributed by atoms with van der Waals surface area (Å²) in [6, 6.07) is 4.69. The van der Waals surface area contributed by atoms with Crippen molar-refractivity contribution in [1.82, 2.24) is 15.5 Å². The number of imide groups is 1. The van der Waals surface area contributed by atoms with Crippen molar-refractivity contribution in [2.45, 2.75) is 64.5 Å². The zero-order chi connectivity index (χ0) is 22.6. The average molecular weight is 432 g/mol. The Kier molecular flexibility index (Phi) is 7.08. The van der Waals surface area contributed by atoms with Crippen LogP contribution in [-0.4, -0.2) is 48.5 Å². The molecule has 1 saturated heterocycles. The molecule has 1 heterocycles. The molecule has 170 valence electrons. The van der Waals surface area contributed by atoms with Crippen LogP contribution in [0.3, 0.4) is 0 Å². The molecule has 1 spiro atoms. The Morgan fingerprint density at radius 3 is 2.65 bits per heavy atom. The number of methoxy groups -OCH3 is 1. The lowest BCUT2D eigenvalue weighted by molar-refractivity contribution is -0.136. The van der Waals surface area contributed by atoms with Gasteiger partial charge in [0.2, 0.25) is 5.91 Å². The van der Waals surface area contributed by atoms with E-state index in [1.54, 1.807) is 7.11 Å². The van der Waals surface area contributed by atoms with Crippen molar-refractivity contribution in [1.29, 1.82) is 0 Å². The molecule has 1 aliphatic carbocycles. The zero-order valence-corrected chi connectivity index (χ0v) is 18.8. The van der Waals surface area contributed by atoms with Crippen LogP contribution in [0.25, 0.3) is 0 Å². The molecule has 2 N–H and O–H groups in total. The normalized spacial score (nSPS) is 24.1. The molecule has 1 unspecified atom stereocenters. The summed E-state index contributed by atoms with van der Waals surface area (Å²) in [5, 5.41) is 5.71. The minimum atomic E-state index is -0.836. The monoisotopic (exact) mass is 431 g/mol. The van der Waals surface area contributed by atoms with E-state index in [2.05, 4.69) is 17.6 Å². The molecule has 8 nitrogen and oxygen atoms in total. The molecule has 3 rings (SSSR count). The fourth-order valence-corrected chi connectivity index (χ4v) is 4.21. The molecule has 0 aromatic heterocycles. The third-order valence-electron chi connectivity index (χ3n) is 6.20. The minimum Gasteiger partial charge on any atom is -0.493 e. The number of benzene rings is 1.